The van der Waals surface area contributed by atoms with Gasteiger partial charge in [-0.3, -0.25) is 0 Å². The molecular weight excluding hydrogens is 294 g/mol. The Kier molecular flexibility index (Phi) is 7.61. The number of amides is 1. The summed E-state index contributed by atoms with van der Waals surface area (Å²) in [6.45, 7) is 3.95. The fraction of sp³-hybridized carbons (Fsp3) is 0.467. The molecule has 0 radical (unpaired) electrons. The molecule has 0 aliphatic heterocycles. The van der Waals surface area contributed by atoms with Gasteiger partial charge in [0.15, 0.2) is 6.07 Å². The van der Waals surface area contributed by atoms with Crippen LogP contribution in [0.25, 0.3) is 0 Å². The van der Waals surface area contributed by atoms with Gasteiger partial charge < -0.3 is 14.8 Å². The number of halogens is 1. The van der Waals surface area contributed by atoms with Crippen molar-refractivity contribution in [1.29, 1.82) is 0 Å². The monoisotopic (exact) mass is 313 g/mol. The van der Waals surface area contributed by atoms with E-state index in [0.29, 0.717) is 6.42 Å². The van der Waals surface area contributed by atoms with Gasteiger partial charge in [-0.15, -0.1) is 0 Å². The number of alkyl carbamates (subject to hydrolysis) is 1. The molecule has 1 rings (SSSR count). The van der Waals surface area contributed by atoms with Crippen molar-refractivity contribution in [1.82, 2.24) is 5.32 Å². The first-order chi connectivity index (χ1) is 10.1. The maximum atomic E-state index is 12.1. The van der Waals surface area contributed by atoms with Crippen molar-refractivity contribution in [3.63, 3.8) is 0 Å². The molecule has 0 bridgehead atoms. The third-order valence-corrected chi connectivity index (χ3v) is 3.26. The second-order valence-corrected chi connectivity index (χ2v) is 4.86. The molecule has 5 nitrogen and oxygen atoms in total. The number of benzene rings is 1. The first-order valence-corrected chi connectivity index (χ1v) is 7.31. The van der Waals surface area contributed by atoms with Gasteiger partial charge in [-0.2, -0.15) is 0 Å². The van der Waals surface area contributed by atoms with Crippen LogP contribution in [0.2, 0.25) is 0 Å². The van der Waals surface area contributed by atoms with Crippen LogP contribution in [0.15, 0.2) is 30.3 Å². The molecule has 1 aromatic rings. The maximum Gasteiger partial charge on any atom is 0.409 e. The molecule has 1 amide bonds. The topological polar surface area (TPSA) is 64.6 Å². The van der Waals surface area contributed by atoms with E-state index in [1.165, 1.54) is 0 Å². The van der Waals surface area contributed by atoms with Gasteiger partial charge in [-0.05, 0) is 11.5 Å². The van der Waals surface area contributed by atoms with E-state index >= 15 is 0 Å². The Labute approximate surface area is 129 Å². The third-order valence-electron chi connectivity index (χ3n) is 3.15. The second-order valence-electron chi connectivity index (χ2n) is 4.64. The molecule has 116 valence electrons. The van der Waals surface area contributed by atoms with Crippen LogP contribution in [0.4, 0.5) is 4.79 Å². The van der Waals surface area contributed by atoms with Gasteiger partial charge in [0.2, 0.25) is 0 Å². The first kappa shape index (κ1) is 17.3. The summed E-state index contributed by atoms with van der Waals surface area (Å²) in [6, 6.07) is 8.32. The highest BCUT2D eigenvalue weighted by molar-refractivity contribution is 6.17. The summed E-state index contributed by atoms with van der Waals surface area (Å²) in [7, 11) is 0. The van der Waals surface area contributed by atoms with Crippen molar-refractivity contribution in [2.24, 2.45) is 5.92 Å². The fourth-order valence-electron chi connectivity index (χ4n) is 1.71. The van der Waals surface area contributed by atoms with E-state index in [4.69, 9.17) is 16.3 Å². The SMILES string of the molecule is CCC(C)[C@H](NC(=O)OCCl)C(=O)OCc1ccccc1. The summed E-state index contributed by atoms with van der Waals surface area (Å²) in [5.41, 5.74) is 0.886. The van der Waals surface area contributed by atoms with E-state index in [2.05, 4.69) is 10.1 Å². The van der Waals surface area contributed by atoms with Gasteiger partial charge in [-0.25, -0.2) is 9.59 Å². The third kappa shape index (κ3) is 6.04. The highest BCUT2D eigenvalue weighted by Crippen LogP contribution is 2.11. The van der Waals surface area contributed by atoms with E-state index in [1.807, 2.05) is 44.2 Å². The zero-order chi connectivity index (χ0) is 15.7. The van der Waals surface area contributed by atoms with Crippen LogP contribution in [0.5, 0.6) is 0 Å². The number of nitrogens with one attached hydrogen (secondary N) is 1. The first-order valence-electron chi connectivity index (χ1n) is 6.78. The zero-order valence-corrected chi connectivity index (χ0v) is 12.9. The highest BCUT2D eigenvalue weighted by Gasteiger charge is 2.27. The molecule has 0 heterocycles. The molecule has 21 heavy (non-hydrogen) atoms. The normalized spacial score (nSPS) is 13.1. The molecule has 1 N–H and O–H groups in total. The lowest BCUT2D eigenvalue weighted by Gasteiger charge is -2.22. The van der Waals surface area contributed by atoms with Crippen LogP contribution in [-0.4, -0.2) is 24.2 Å². The Balaban J connectivity index is 2.60. The van der Waals surface area contributed by atoms with Crippen LogP contribution in [0.1, 0.15) is 25.8 Å². The smallest absolute Gasteiger partial charge is 0.409 e. The Morgan fingerprint density at radius 1 is 1.24 bits per heavy atom. The van der Waals surface area contributed by atoms with Gasteiger partial charge in [0.05, 0.1) is 0 Å². The van der Waals surface area contributed by atoms with Crippen molar-refractivity contribution >= 4 is 23.7 Å². The van der Waals surface area contributed by atoms with E-state index in [-0.39, 0.29) is 18.6 Å². The zero-order valence-electron chi connectivity index (χ0n) is 12.2. The van der Waals surface area contributed by atoms with Crippen LogP contribution in [-0.2, 0) is 20.9 Å². The van der Waals surface area contributed by atoms with Crippen LogP contribution >= 0.6 is 11.6 Å². The number of carbonyl (C=O) groups excluding carboxylic acids is 2. The number of hydrogen-bond acceptors (Lipinski definition) is 4. The summed E-state index contributed by atoms with van der Waals surface area (Å²) < 4.78 is 9.84. The van der Waals surface area contributed by atoms with Gasteiger partial charge in [-0.1, -0.05) is 62.2 Å². The van der Waals surface area contributed by atoms with E-state index < -0.39 is 18.1 Å². The molecule has 1 aromatic carbocycles. The number of ether oxygens (including phenoxy) is 2. The lowest BCUT2D eigenvalue weighted by Crippen LogP contribution is -2.46. The van der Waals surface area contributed by atoms with Crippen molar-refractivity contribution in [3.05, 3.63) is 35.9 Å². The molecule has 2 atom stereocenters. The van der Waals surface area contributed by atoms with E-state index in [9.17, 15) is 9.59 Å². The van der Waals surface area contributed by atoms with Crippen molar-refractivity contribution in [2.75, 3.05) is 6.07 Å². The largest absolute Gasteiger partial charge is 0.459 e. The maximum absolute atomic E-state index is 12.1. The molecule has 0 saturated heterocycles. The number of rotatable bonds is 7. The predicted molar refractivity (Wildman–Crippen MR) is 79.8 cm³/mol. The Hall–Kier alpha value is -1.75. The Morgan fingerprint density at radius 2 is 1.90 bits per heavy atom. The summed E-state index contributed by atoms with van der Waals surface area (Å²) >= 11 is 5.31. The minimum absolute atomic E-state index is 0.0730. The standard InChI is InChI=1S/C15H20ClNO4/c1-3-11(2)13(17-15(19)21-10-16)14(18)20-9-12-7-5-4-6-8-12/h4-8,11,13H,3,9-10H2,1-2H3,(H,17,19)/t11?,13-/m0/s1. The lowest BCUT2D eigenvalue weighted by atomic mass is 9.99. The van der Waals surface area contributed by atoms with Crippen molar-refractivity contribution < 1.29 is 19.1 Å². The van der Waals surface area contributed by atoms with Gasteiger partial charge in [0.1, 0.15) is 12.6 Å². The Bertz CT molecular complexity index is 452. The van der Waals surface area contributed by atoms with Crippen molar-refractivity contribution in [3.8, 4) is 0 Å². The molecule has 6 heteroatoms. The molecule has 0 aliphatic rings. The quantitative estimate of drug-likeness (QED) is 0.620. The molecule has 0 aliphatic carbocycles. The fourth-order valence-corrected chi connectivity index (χ4v) is 1.80. The average molecular weight is 314 g/mol. The molecular formula is C15H20ClNO4. The summed E-state index contributed by atoms with van der Waals surface area (Å²) in [5, 5.41) is 2.48. The second kappa shape index (κ2) is 9.23. The van der Waals surface area contributed by atoms with E-state index in [1.54, 1.807) is 0 Å². The molecule has 0 fully saturated rings. The van der Waals surface area contributed by atoms with Crippen LogP contribution < -0.4 is 5.32 Å². The molecule has 0 saturated carbocycles. The van der Waals surface area contributed by atoms with Gasteiger partial charge >= 0.3 is 12.1 Å². The highest BCUT2D eigenvalue weighted by atomic mass is 35.5. The summed E-state index contributed by atoms with van der Waals surface area (Å²) in [6.07, 6.45) is -0.0151. The van der Waals surface area contributed by atoms with Gasteiger partial charge in [0.25, 0.3) is 0 Å². The number of esters is 1. The van der Waals surface area contributed by atoms with Gasteiger partial charge in [0, 0.05) is 0 Å². The minimum atomic E-state index is -0.755. The van der Waals surface area contributed by atoms with Crippen LogP contribution in [0.3, 0.4) is 0 Å². The summed E-state index contributed by atoms with van der Waals surface area (Å²) in [4.78, 5) is 23.6. The Morgan fingerprint density at radius 3 is 2.48 bits per heavy atom. The summed E-state index contributed by atoms with van der Waals surface area (Å²) in [5.74, 6) is -0.559. The van der Waals surface area contributed by atoms with Crippen LogP contribution in [0, 0.1) is 5.92 Å². The molecule has 1 unspecified atom stereocenters. The number of carbonyl (C=O) groups is 2. The van der Waals surface area contributed by atoms with E-state index in [0.717, 1.165) is 5.56 Å². The number of alkyl halides is 1. The minimum Gasteiger partial charge on any atom is -0.459 e. The lowest BCUT2D eigenvalue weighted by molar-refractivity contribution is -0.148. The molecule has 0 aromatic heterocycles. The van der Waals surface area contributed by atoms with Crippen molar-refractivity contribution in [2.45, 2.75) is 32.9 Å². The number of hydrogen-bond donors (Lipinski definition) is 1. The predicted octanol–water partition coefficient (Wildman–Crippen LogP) is 3.07. The average Bonchev–Trinajstić information content (AvgIpc) is 2.51. The molecule has 0 spiro atoms.